The summed E-state index contributed by atoms with van der Waals surface area (Å²) >= 11 is 3.81. The van der Waals surface area contributed by atoms with Crippen LogP contribution in [0.1, 0.15) is 11.3 Å². The highest BCUT2D eigenvalue weighted by molar-refractivity contribution is 7.85. The summed E-state index contributed by atoms with van der Waals surface area (Å²) in [6.07, 6.45) is 2.93. The fourth-order valence-electron chi connectivity index (χ4n) is 1.26. The number of pyridine rings is 1. The van der Waals surface area contributed by atoms with Crippen molar-refractivity contribution in [2.45, 2.75) is 6.92 Å². The second-order valence-corrected chi connectivity index (χ2v) is 3.40. The lowest BCUT2D eigenvalue weighted by atomic mass is 10.3. The minimum atomic E-state index is -0.372. The lowest BCUT2D eigenvalue weighted by molar-refractivity contribution is 0.619. The van der Waals surface area contributed by atoms with Gasteiger partial charge in [-0.25, -0.2) is 14.1 Å². The quantitative estimate of drug-likeness (QED) is 0.603. The molecule has 0 aliphatic carbocycles. The molecule has 0 unspecified atom stereocenters. The Morgan fingerprint density at radius 2 is 2.25 bits per heavy atom. The molecule has 0 saturated heterocycles. The molecule has 0 amide bonds. The lowest BCUT2D eigenvalue weighted by Gasteiger charge is -1.98. The highest BCUT2D eigenvalue weighted by Gasteiger charge is 2.05. The van der Waals surface area contributed by atoms with Crippen molar-refractivity contribution in [2.24, 2.45) is 0 Å². The number of aromatic nitrogens is 3. The summed E-state index contributed by atoms with van der Waals surface area (Å²) in [7, 11) is 0. The van der Waals surface area contributed by atoms with E-state index in [2.05, 4.69) is 33.9 Å². The van der Waals surface area contributed by atoms with Gasteiger partial charge in [-0.2, -0.15) is 5.10 Å². The van der Waals surface area contributed by atoms with Gasteiger partial charge < -0.3 is 0 Å². The van der Waals surface area contributed by atoms with E-state index in [1.807, 2.05) is 6.92 Å². The minimum Gasteiger partial charge on any atom is -0.234 e. The second-order valence-electron chi connectivity index (χ2n) is 3.18. The van der Waals surface area contributed by atoms with Crippen molar-refractivity contribution in [3.8, 4) is 17.0 Å². The van der Waals surface area contributed by atoms with Crippen LogP contribution in [0.25, 0.3) is 5.82 Å². The lowest BCUT2D eigenvalue weighted by Crippen LogP contribution is -1.98. The van der Waals surface area contributed by atoms with Crippen molar-refractivity contribution >= 4 is 12.6 Å². The minimum absolute atomic E-state index is 0.372. The van der Waals surface area contributed by atoms with Gasteiger partial charge in [-0.15, -0.1) is 0 Å². The van der Waals surface area contributed by atoms with Gasteiger partial charge in [-0.05, 0) is 30.2 Å². The second kappa shape index (κ2) is 4.37. The Morgan fingerprint density at radius 3 is 2.88 bits per heavy atom. The van der Waals surface area contributed by atoms with Crippen LogP contribution in [0.5, 0.6) is 0 Å². The van der Waals surface area contributed by atoms with E-state index < -0.39 is 0 Å². The number of thiol groups is 1. The number of nitrogens with zero attached hydrogens (tertiary/aromatic N) is 3. The van der Waals surface area contributed by atoms with Crippen LogP contribution in [0.3, 0.4) is 0 Å². The molecule has 5 heteroatoms. The molecule has 0 aliphatic rings. The Morgan fingerprint density at radius 1 is 1.44 bits per heavy atom. The van der Waals surface area contributed by atoms with Gasteiger partial charge in [0.2, 0.25) is 0 Å². The number of aryl methyl sites for hydroxylation is 1. The first-order valence-electron chi connectivity index (χ1n) is 4.54. The maximum Gasteiger partial charge on any atom is 0.153 e. The third kappa shape index (κ3) is 2.07. The van der Waals surface area contributed by atoms with E-state index in [1.54, 1.807) is 16.9 Å². The summed E-state index contributed by atoms with van der Waals surface area (Å²) in [6.45, 7) is 1.89. The molecule has 0 bridgehead atoms. The Labute approximate surface area is 97.7 Å². The van der Waals surface area contributed by atoms with Crippen LogP contribution in [0.4, 0.5) is 4.39 Å². The Kier molecular flexibility index (Phi) is 2.93. The molecule has 2 heterocycles. The molecule has 3 nitrogen and oxygen atoms in total. The van der Waals surface area contributed by atoms with Gasteiger partial charge in [0.05, 0.1) is 6.20 Å². The first kappa shape index (κ1) is 10.7. The summed E-state index contributed by atoms with van der Waals surface area (Å²) in [5.74, 6) is 2.94. The maximum absolute atomic E-state index is 12.7. The number of hydrogen-bond acceptors (Lipinski definition) is 3. The highest BCUT2D eigenvalue weighted by Crippen LogP contribution is 2.09. The van der Waals surface area contributed by atoms with Gasteiger partial charge in [-0.1, -0.05) is 12.6 Å². The predicted octanol–water partition coefficient (Wildman–Crippen LogP) is 1.95. The summed E-state index contributed by atoms with van der Waals surface area (Å²) in [5.41, 5.74) is 1.56. The molecule has 0 fully saturated rings. The molecule has 0 N–H and O–H groups in total. The molecule has 0 radical (unpaired) electrons. The zero-order chi connectivity index (χ0) is 11.5. The summed E-state index contributed by atoms with van der Waals surface area (Å²) in [4.78, 5) is 3.92. The molecular weight excluding hydrogens is 225 g/mol. The third-order valence-electron chi connectivity index (χ3n) is 2.02. The Hall–Kier alpha value is -1.80. The van der Waals surface area contributed by atoms with Crippen molar-refractivity contribution in [3.63, 3.8) is 0 Å². The molecule has 80 valence electrons. The van der Waals surface area contributed by atoms with Gasteiger partial charge in [0.15, 0.2) is 5.82 Å². The standard InChI is InChI=1S/C11H8FN3S/c1-8-7-15(14-10(8)4-5-16)11-3-2-9(12)6-13-11/h2-3,6-7,16H,1H3. The molecular formula is C11H8FN3S. The molecule has 16 heavy (non-hydrogen) atoms. The van der Waals surface area contributed by atoms with E-state index in [1.165, 1.54) is 6.07 Å². The summed E-state index contributed by atoms with van der Waals surface area (Å²) in [5, 5.41) is 6.70. The monoisotopic (exact) mass is 233 g/mol. The van der Waals surface area contributed by atoms with Crippen molar-refractivity contribution in [2.75, 3.05) is 0 Å². The highest BCUT2D eigenvalue weighted by atomic mass is 32.1. The van der Waals surface area contributed by atoms with Crippen LogP contribution in [0.2, 0.25) is 0 Å². The zero-order valence-corrected chi connectivity index (χ0v) is 9.37. The van der Waals surface area contributed by atoms with E-state index >= 15 is 0 Å². The number of rotatable bonds is 1. The van der Waals surface area contributed by atoms with E-state index in [0.717, 1.165) is 11.8 Å². The number of hydrogen-bond donors (Lipinski definition) is 1. The number of halogens is 1. The average Bonchev–Trinajstić information content (AvgIpc) is 2.62. The van der Waals surface area contributed by atoms with Crippen LogP contribution < -0.4 is 0 Å². The van der Waals surface area contributed by atoms with E-state index in [9.17, 15) is 4.39 Å². The van der Waals surface area contributed by atoms with Crippen LogP contribution in [0, 0.1) is 23.9 Å². The van der Waals surface area contributed by atoms with Crippen LogP contribution >= 0.6 is 12.6 Å². The Balaban J connectivity index is 2.43. The molecule has 0 saturated carbocycles. The van der Waals surface area contributed by atoms with Crippen LogP contribution in [0.15, 0.2) is 24.5 Å². The third-order valence-corrected chi connectivity index (χ3v) is 2.13. The van der Waals surface area contributed by atoms with Crippen molar-refractivity contribution < 1.29 is 4.39 Å². The average molecular weight is 233 g/mol. The molecule has 2 aromatic rings. The van der Waals surface area contributed by atoms with Crippen molar-refractivity contribution in [1.82, 2.24) is 14.8 Å². The zero-order valence-electron chi connectivity index (χ0n) is 8.48. The smallest absolute Gasteiger partial charge is 0.153 e. The molecule has 2 rings (SSSR count). The summed E-state index contributed by atoms with van der Waals surface area (Å²) in [6, 6.07) is 2.89. The van der Waals surface area contributed by atoms with Crippen LogP contribution in [-0.4, -0.2) is 14.8 Å². The summed E-state index contributed by atoms with van der Waals surface area (Å²) < 4.78 is 14.2. The molecule has 0 aliphatic heterocycles. The van der Waals surface area contributed by atoms with Gasteiger partial charge >= 0.3 is 0 Å². The predicted molar refractivity (Wildman–Crippen MR) is 61.9 cm³/mol. The molecule has 0 atom stereocenters. The molecule has 2 aromatic heterocycles. The fourth-order valence-corrected chi connectivity index (χ4v) is 1.36. The molecule has 0 aromatic carbocycles. The van der Waals surface area contributed by atoms with Crippen LogP contribution in [-0.2, 0) is 0 Å². The van der Waals surface area contributed by atoms with E-state index in [4.69, 9.17) is 0 Å². The largest absolute Gasteiger partial charge is 0.234 e. The Bertz CT molecular complexity index is 563. The van der Waals surface area contributed by atoms with Crippen molar-refractivity contribution in [3.05, 3.63) is 41.6 Å². The van der Waals surface area contributed by atoms with Gasteiger partial charge in [-0.3, -0.25) is 0 Å². The van der Waals surface area contributed by atoms with Gasteiger partial charge in [0, 0.05) is 11.8 Å². The first-order chi connectivity index (χ1) is 7.70. The van der Waals surface area contributed by atoms with Gasteiger partial charge in [0.1, 0.15) is 11.5 Å². The fraction of sp³-hybridized carbons (Fsp3) is 0.0909. The maximum atomic E-state index is 12.7. The van der Waals surface area contributed by atoms with E-state index in [0.29, 0.717) is 11.5 Å². The SMILES string of the molecule is Cc1cn(-c2ccc(F)cn2)nc1C#CS. The normalized spacial score (nSPS) is 9.69. The van der Waals surface area contributed by atoms with Gasteiger partial charge in [0.25, 0.3) is 0 Å². The molecule has 0 spiro atoms. The van der Waals surface area contributed by atoms with Crippen molar-refractivity contribution in [1.29, 1.82) is 0 Å². The topological polar surface area (TPSA) is 30.7 Å². The van der Waals surface area contributed by atoms with E-state index in [-0.39, 0.29) is 5.82 Å². The first-order valence-corrected chi connectivity index (χ1v) is 4.99.